The van der Waals surface area contributed by atoms with Crippen LogP contribution in [-0.4, -0.2) is 0 Å². The molecule has 0 fully saturated rings. The average Bonchev–Trinajstić information content (AvgIpc) is 2.27. The molecule has 1 aromatic carbocycles. The Kier molecular flexibility index (Phi) is 4.61. The summed E-state index contributed by atoms with van der Waals surface area (Å²) in [5.41, 5.74) is 0.414. The zero-order chi connectivity index (χ0) is 13.0. The van der Waals surface area contributed by atoms with Crippen molar-refractivity contribution in [3.05, 3.63) is 41.4 Å². The lowest BCUT2D eigenvalue weighted by atomic mass is 10.0. The van der Waals surface area contributed by atoms with Gasteiger partial charge >= 0.3 is 0 Å². The molecule has 0 radical (unpaired) electrons. The van der Waals surface area contributed by atoms with Crippen LogP contribution in [-0.2, 0) is 0 Å². The summed E-state index contributed by atoms with van der Waals surface area (Å²) >= 11 is 0. The van der Waals surface area contributed by atoms with Crippen LogP contribution in [0, 0.1) is 23.4 Å². The van der Waals surface area contributed by atoms with Gasteiger partial charge in [0.15, 0.2) is 11.6 Å². The summed E-state index contributed by atoms with van der Waals surface area (Å²) in [6, 6.07) is 1.32. The molecule has 1 nitrogen and oxygen atoms in total. The van der Waals surface area contributed by atoms with E-state index in [0.29, 0.717) is 12.1 Å². The Balaban J connectivity index is 3.03. The van der Waals surface area contributed by atoms with E-state index >= 15 is 0 Å². The molecule has 0 aromatic heterocycles. The van der Waals surface area contributed by atoms with Crippen molar-refractivity contribution in [2.45, 2.75) is 27.2 Å². The molecule has 0 aliphatic rings. The molecule has 0 bridgehead atoms. The summed E-state index contributed by atoms with van der Waals surface area (Å²) in [5, 5.41) is 2.69. The summed E-state index contributed by atoms with van der Waals surface area (Å²) in [4.78, 5) is 0. The van der Waals surface area contributed by atoms with Crippen molar-refractivity contribution in [2.24, 2.45) is 5.92 Å². The molecule has 1 unspecified atom stereocenters. The molecule has 94 valence electrons. The first-order valence-electron chi connectivity index (χ1n) is 5.57. The van der Waals surface area contributed by atoms with Crippen LogP contribution in [0.5, 0.6) is 0 Å². The van der Waals surface area contributed by atoms with Gasteiger partial charge in [0, 0.05) is 17.8 Å². The van der Waals surface area contributed by atoms with Gasteiger partial charge in [-0.15, -0.1) is 0 Å². The molecule has 0 aliphatic heterocycles. The monoisotopic (exact) mass is 243 g/mol. The Labute approximate surface area is 99.3 Å². The highest BCUT2D eigenvalue weighted by molar-refractivity contribution is 5.51. The summed E-state index contributed by atoms with van der Waals surface area (Å²) in [5.74, 6) is -2.62. The van der Waals surface area contributed by atoms with Crippen molar-refractivity contribution in [3.8, 4) is 0 Å². The third kappa shape index (κ3) is 3.25. The minimum atomic E-state index is -0.926. The number of benzene rings is 1. The first-order valence-corrected chi connectivity index (χ1v) is 5.57. The van der Waals surface area contributed by atoms with Gasteiger partial charge in [0.2, 0.25) is 0 Å². The minimum absolute atomic E-state index is 0.156. The quantitative estimate of drug-likeness (QED) is 0.822. The van der Waals surface area contributed by atoms with Gasteiger partial charge < -0.3 is 5.32 Å². The van der Waals surface area contributed by atoms with Gasteiger partial charge in [0.1, 0.15) is 11.5 Å². The molecular weight excluding hydrogens is 227 g/mol. The summed E-state index contributed by atoms with van der Waals surface area (Å²) in [6.07, 6.45) is 2.60. The highest BCUT2D eigenvalue weighted by Crippen LogP contribution is 2.24. The minimum Gasteiger partial charge on any atom is -0.354 e. The Hall–Kier alpha value is -1.45. The fourth-order valence-electron chi connectivity index (χ4n) is 1.51. The van der Waals surface area contributed by atoms with Gasteiger partial charge in [-0.25, -0.2) is 13.2 Å². The van der Waals surface area contributed by atoms with E-state index in [1.807, 2.05) is 13.8 Å². The second-order valence-corrected chi connectivity index (χ2v) is 3.92. The lowest BCUT2D eigenvalue weighted by Gasteiger charge is -2.17. The third-order valence-corrected chi connectivity index (χ3v) is 2.73. The van der Waals surface area contributed by atoms with E-state index in [1.165, 1.54) is 0 Å². The molecule has 1 N–H and O–H groups in total. The standard InChI is InChI=1S/C13H16F3N/c1-4-8(3)12(5-2)17-13-10(15)6-9(14)7-11(13)16/h5-8,17H,4H2,1-3H3/b12-5+. The second-order valence-electron chi connectivity index (χ2n) is 3.92. The van der Waals surface area contributed by atoms with Gasteiger partial charge in [-0.1, -0.05) is 19.9 Å². The highest BCUT2D eigenvalue weighted by Gasteiger charge is 2.14. The fourth-order valence-corrected chi connectivity index (χ4v) is 1.51. The van der Waals surface area contributed by atoms with Crippen molar-refractivity contribution in [2.75, 3.05) is 5.32 Å². The molecule has 1 aromatic rings. The molecule has 0 heterocycles. The van der Waals surface area contributed by atoms with Crippen LogP contribution in [0.2, 0.25) is 0 Å². The van der Waals surface area contributed by atoms with Crippen LogP contribution in [0.1, 0.15) is 27.2 Å². The van der Waals surface area contributed by atoms with Crippen LogP contribution in [0.15, 0.2) is 23.9 Å². The number of rotatable bonds is 4. The van der Waals surface area contributed by atoms with Crippen molar-refractivity contribution in [3.63, 3.8) is 0 Å². The maximum absolute atomic E-state index is 13.4. The van der Waals surface area contributed by atoms with E-state index in [1.54, 1.807) is 13.0 Å². The third-order valence-electron chi connectivity index (χ3n) is 2.73. The van der Waals surface area contributed by atoms with E-state index in [4.69, 9.17) is 0 Å². The Morgan fingerprint density at radius 1 is 1.29 bits per heavy atom. The topological polar surface area (TPSA) is 12.0 Å². The van der Waals surface area contributed by atoms with Crippen LogP contribution in [0.4, 0.5) is 18.9 Å². The number of hydrogen-bond donors (Lipinski definition) is 1. The first-order chi connectivity index (χ1) is 7.99. The van der Waals surface area contributed by atoms with Crippen LogP contribution >= 0.6 is 0 Å². The Bertz CT molecular complexity index is 404. The van der Waals surface area contributed by atoms with E-state index < -0.39 is 17.5 Å². The lowest BCUT2D eigenvalue weighted by Crippen LogP contribution is -2.10. The maximum atomic E-state index is 13.4. The molecule has 0 spiro atoms. The molecule has 1 atom stereocenters. The molecule has 4 heteroatoms. The maximum Gasteiger partial charge on any atom is 0.152 e. The van der Waals surface area contributed by atoms with E-state index in [2.05, 4.69) is 5.32 Å². The normalized spacial score (nSPS) is 13.6. The number of hydrogen-bond acceptors (Lipinski definition) is 1. The number of nitrogens with one attached hydrogen (secondary N) is 1. The molecule has 1 rings (SSSR count). The molecular formula is C13H16F3N. The van der Waals surface area contributed by atoms with Crippen LogP contribution in [0.25, 0.3) is 0 Å². The predicted octanol–water partition coefficient (Wildman–Crippen LogP) is 4.47. The van der Waals surface area contributed by atoms with E-state index in [9.17, 15) is 13.2 Å². The van der Waals surface area contributed by atoms with Gasteiger partial charge in [-0.2, -0.15) is 0 Å². The summed E-state index contributed by atoms with van der Waals surface area (Å²) in [7, 11) is 0. The van der Waals surface area contributed by atoms with Gasteiger partial charge in [0.05, 0.1) is 0 Å². The predicted molar refractivity (Wildman–Crippen MR) is 63.2 cm³/mol. The zero-order valence-corrected chi connectivity index (χ0v) is 10.2. The second kappa shape index (κ2) is 5.75. The molecule has 0 aliphatic carbocycles. The van der Waals surface area contributed by atoms with E-state index in [0.717, 1.165) is 12.1 Å². The summed E-state index contributed by atoms with van der Waals surface area (Å²) < 4.78 is 39.5. The zero-order valence-electron chi connectivity index (χ0n) is 10.2. The van der Waals surface area contributed by atoms with Gasteiger partial charge in [-0.05, 0) is 19.3 Å². The molecule has 17 heavy (non-hydrogen) atoms. The lowest BCUT2D eigenvalue weighted by molar-refractivity contribution is 0.546. The highest BCUT2D eigenvalue weighted by atomic mass is 19.1. The van der Waals surface area contributed by atoms with Crippen molar-refractivity contribution < 1.29 is 13.2 Å². The van der Waals surface area contributed by atoms with Crippen molar-refractivity contribution in [1.82, 2.24) is 0 Å². The first kappa shape index (κ1) is 13.6. The SMILES string of the molecule is C/C=C(/Nc1c(F)cc(F)cc1F)C(C)CC. The number of anilines is 1. The molecule has 0 saturated heterocycles. The van der Waals surface area contributed by atoms with Crippen LogP contribution in [0.3, 0.4) is 0 Å². The van der Waals surface area contributed by atoms with E-state index in [-0.39, 0.29) is 11.6 Å². The largest absolute Gasteiger partial charge is 0.354 e. The number of allylic oxidation sites excluding steroid dienone is 2. The molecule has 0 saturated carbocycles. The van der Waals surface area contributed by atoms with Crippen molar-refractivity contribution >= 4 is 5.69 Å². The Morgan fingerprint density at radius 2 is 1.82 bits per heavy atom. The van der Waals surface area contributed by atoms with Gasteiger partial charge in [0.25, 0.3) is 0 Å². The fraction of sp³-hybridized carbons (Fsp3) is 0.385. The Morgan fingerprint density at radius 3 is 2.24 bits per heavy atom. The smallest absolute Gasteiger partial charge is 0.152 e. The van der Waals surface area contributed by atoms with Crippen molar-refractivity contribution in [1.29, 1.82) is 0 Å². The number of halogens is 3. The van der Waals surface area contributed by atoms with Gasteiger partial charge in [-0.3, -0.25) is 0 Å². The van der Waals surface area contributed by atoms with Crippen LogP contribution < -0.4 is 5.32 Å². The average molecular weight is 243 g/mol. The molecule has 0 amide bonds. The summed E-state index contributed by atoms with van der Waals surface area (Å²) in [6.45, 7) is 5.71.